The number of rotatable bonds is 4. The second-order valence-corrected chi connectivity index (χ2v) is 5.95. The number of nitrogens with zero attached hydrogens (tertiary/aromatic N) is 1. The fourth-order valence-electron chi connectivity index (χ4n) is 2.44. The highest BCUT2D eigenvalue weighted by molar-refractivity contribution is 6.03. The van der Waals surface area contributed by atoms with Gasteiger partial charge in [-0.1, -0.05) is 12.1 Å². The van der Waals surface area contributed by atoms with Gasteiger partial charge in [0.2, 0.25) is 0 Å². The Morgan fingerprint density at radius 2 is 1.77 bits per heavy atom. The topological polar surface area (TPSA) is 54.0 Å². The third kappa shape index (κ3) is 4.03. The number of hydrogen-bond acceptors (Lipinski definition) is 3. The van der Waals surface area contributed by atoms with E-state index in [-0.39, 0.29) is 11.4 Å². The molecule has 1 amide bonds. The van der Waals surface area contributed by atoms with E-state index in [1.54, 1.807) is 12.1 Å². The molecule has 0 saturated heterocycles. The van der Waals surface area contributed by atoms with Crippen molar-refractivity contribution in [2.75, 3.05) is 10.6 Å². The molecule has 0 aliphatic rings. The van der Waals surface area contributed by atoms with Gasteiger partial charge in [0.1, 0.15) is 17.3 Å². The Morgan fingerprint density at radius 3 is 2.54 bits per heavy atom. The van der Waals surface area contributed by atoms with Crippen LogP contribution in [0.5, 0.6) is 0 Å². The van der Waals surface area contributed by atoms with Crippen LogP contribution in [0.2, 0.25) is 0 Å². The molecule has 0 unspecified atom stereocenters. The maximum Gasteiger partial charge on any atom is 0.274 e. The summed E-state index contributed by atoms with van der Waals surface area (Å²) >= 11 is 0. The Bertz CT molecular complexity index is 973. The molecular weight excluding hydrogens is 336 g/mol. The molecule has 6 heteroatoms. The van der Waals surface area contributed by atoms with E-state index < -0.39 is 17.5 Å². The third-order valence-electron chi connectivity index (χ3n) is 3.84. The van der Waals surface area contributed by atoms with Crippen LogP contribution in [0, 0.1) is 25.5 Å². The summed E-state index contributed by atoms with van der Waals surface area (Å²) in [5, 5.41) is 5.64. The minimum Gasteiger partial charge on any atom is -0.355 e. The largest absolute Gasteiger partial charge is 0.355 e. The van der Waals surface area contributed by atoms with Crippen molar-refractivity contribution in [3.8, 4) is 0 Å². The minimum atomic E-state index is -0.844. The van der Waals surface area contributed by atoms with E-state index >= 15 is 0 Å². The fraction of sp³-hybridized carbons (Fsp3) is 0.100. The lowest BCUT2D eigenvalue weighted by atomic mass is 10.1. The number of pyridine rings is 1. The monoisotopic (exact) mass is 353 g/mol. The molecule has 0 atom stereocenters. The number of aromatic nitrogens is 1. The molecule has 4 nitrogen and oxygen atoms in total. The van der Waals surface area contributed by atoms with E-state index in [9.17, 15) is 13.6 Å². The molecule has 0 aliphatic carbocycles. The summed E-state index contributed by atoms with van der Waals surface area (Å²) in [6.45, 7) is 3.97. The van der Waals surface area contributed by atoms with Crippen molar-refractivity contribution in [2.45, 2.75) is 13.8 Å². The lowest BCUT2D eigenvalue weighted by molar-refractivity contribution is 0.102. The van der Waals surface area contributed by atoms with Gasteiger partial charge in [-0.25, -0.2) is 8.78 Å². The molecule has 3 aromatic rings. The molecular formula is C20H17F2N3O. The van der Waals surface area contributed by atoms with Crippen LogP contribution in [-0.4, -0.2) is 10.9 Å². The van der Waals surface area contributed by atoms with E-state index in [0.717, 1.165) is 22.9 Å². The molecule has 1 aromatic heterocycles. The molecule has 0 saturated carbocycles. The molecule has 0 bridgehead atoms. The Kier molecular flexibility index (Phi) is 4.93. The average Bonchev–Trinajstić information content (AvgIpc) is 2.61. The maximum atomic E-state index is 13.7. The van der Waals surface area contributed by atoms with Gasteiger partial charge < -0.3 is 10.6 Å². The number of nitrogens with one attached hydrogen (secondary N) is 2. The highest BCUT2D eigenvalue weighted by Gasteiger charge is 2.12. The Morgan fingerprint density at radius 1 is 0.962 bits per heavy atom. The van der Waals surface area contributed by atoms with Crippen LogP contribution in [0.1, 0.15) is 21.6 Å². The molecule has 132 valence electrons. The number of carbonyl (C=O) groups is 1. The fourth-order valence-corrected chi connectivity index (χ4v) is 2.44. The smallest absolute Gasteiger partial charge is 0.274 e. The number of halogens is 2. The van der Waals surface area contributed by atoms with Crippen molar-refractivity contribution in [1.82, 2.24) is 4.98 Å². The van der Waals surface area contributed by atoms with E-state index in [1.165, 1.54) is 12.3 Å². The minimum absolute atomic E-state index is 0.105. The van der Waals surface area contributed by atoms with Gasteiger partial charge >= 0.3 is 0 Å². The van der Waals surface area contributed by atoms with Crippen molar-refractivity contribution in [2.24, 2.45) is 0 Å². The maximum absolute atomic E-state index is 13.7. The summed E-state index contributed by atoms with van der Waals surface area (Å²) in [4.78, 5) is 16.3. The van der Waals surface area contributed by atoms with Gasteiger partial charge in [-0.3, -0.25) is 9.78 Å². The number of amides is 1. The normalized spacial score (nSPS) is 10.5. The summed E-state index contributed by atoms with van der Waals surface area (Å²) in [7, 11) is 0. The van der Waals surface area contributed by atoms with Crippen molar-refractivity contribution in [1.29, 1.82) is 0 Å². The summed E-state index contributed by atoms with van der Waals surface area (Å²) in [5.74, 6) is -2.14. The first-order chi connectivity index (χ1) is 12.4. The second kappa shape index (κ2) is 7.31. The van der Waals surface area contributed by atoms with Gasteiger partial charge in [0.05, 0.1) is 5.69 Å². The lowest BCUT2D eigenvalue weighted by Gasteiger charge is -2.11. The predicted molar refractivity (Wildman–Crippen MR) is 97.7 cm³/mol. The van der Waals surface area contributed by atoms with Crippen molar-refractivity contribution >= 4 is 23.0 Å². The van der Waals surface area contributed by atoms with Crippen LogP contribution < -0.4 is 10.6 Å². The molecule has 0 fully saturated rings. The van der Waals surface area contributed by atoms with Crippen LogP contribution in [0.15, 0.2) is 54.7 Å². The van der Waals surface area contributed by atoms with Crippen LogP contribution in [0.25, 0.3) is 0 Å². The summed E-state index contributed by atoms with van der Waals surface area (Å²) in [5.41, 5.74) is 3.78. The molecule has 3 rings (SSSR count). The highest BCUT2D eigenvalue weighted by Crippen LogP contribution is 2.22. The number of aryl methyl sites for hydroxylation is 2. The highest BCUT2D eigenvalue weighted by atomic mass is 19.1. The molecule has 0 radical (unpaired) electrons. The zero-order valence-electron chi connectivity index (χ0n) is 14.3. The summed E-state index contributed by atoms with van der Waals surface area (Å²) < 4.78 is 26.6. The number of carbonyl (C=O) groups excluding carboxylic acids is 1. The van der Waals surface area contributed by atoms with Gasteiger partial charge in [-0.05, 0) is 55.3 Å². The van der Waals surface area contributed by atoms with Crippen LogP contribution >= 0.6 is 0 Å². The Labute approximate surface area is 149 Å². The number of anilines is 3. The average molecular weight is 353 g/mol. The first-order valence-electron chi connectivity index (χ1n) is 7.99. The van der Waals surface area contributed by atoms with Crippen molar-refractivity contribution in [3.05, 3.63) is 83.2 Å². The van der Waals surface area contributed by atoms with E-state index in [0.29, 0.717) is 11.8 Å². The van der Waals surface area contributed by atoms with Gasteiger partial charge in [-0.15, -0.1) is 0 Å². The summed E-state index contributed by atoms with van der Waals surface area (Å²) in [6, 6.07) is 12.3. The first-order valence-corrected chi connectivity index (χ1v) is 7.99. The van der Waals surface area contributed by atoms with Crippen molar-refractivity contribution < 1.29 is 13.6 Å². The van der Waals surface area contributed by atoms with Gasteiger partial charge in [0.15, 0.2) is 0 Å². The SMILES string of the molecule is Cc1ccc(C)c(Nc2ccnc(C(=O)Nc3ccc(F)cc3F)c2)c1. The second-order valence-electron chi connectivity index (χ2n) is 5.95. The van der Waals surface area contributed by atoms with Crippen LogP contribution in [0.4, 0.5) is 25.8 Å². The molecule has 0 aliphatic heterocycles. The van der Waals surface area contributed by atoms with Crippen LogP contribution in [-0.2, 0) is 0 Å². The van der Waals surface area contributed by atoms with Crippen LogP contribution in [0.3, 0.4) is 0 Å². The Balaban J connectivity index is 1.80. The first kappa shape index (κ1) is 17.5. The quantitative estimate of drug-likeness (QED) is 0.696. The zero-order chi connectivity index (χ0) is 18.7. The van der Waals surface area contributed by atoms with E-state index in [4.69, 9.17) is 0 Å². The standard InChI is InChI=1S/C20H17F2N3O/c1-12-3-4-13(2)18(9-12)24-15-7-8-23-19(11-15)20(26)25-17-6-5-14(21)10-16(17)22/h3-11H,1-2H3,(H,23,24)(H,25,26). The van der Waals surface area contributed by atoms with E-state index in [2.05, 4.69) is 15.6 Å². The Hall–Kier alpha value is -3.28. The predicted octanol–water partition coefficient (Wildman–Crippen LogP) is 4.97. The van der Waals surface area contributed by atoms with E-state index in [1.807, 2.05) is 32.0 Å². The zero-order valence-corrected chi connectivity index (χ0v) is 14.3. The van der Waals surface area contributed by atoms with Crippen molar-refractivity contribution in [3.63, 3.8) is 0 Å². The molecule has 2 N–H and O–H groups in total. The van der Waals surface area contributed by atoms with Gasteiger partial charge in [-0.2, -0.15) is 0 Å². The third-order valence-corrected chi connectivity index (χ3v) is 3.84. The number of benzene rings is 2. The number of hydrogen-bond donors (Lipinski definition) is 2. The summed E-state index contributed by atoms with van der Waals surface area (Å²) in [6.07, 6.45) is 1.49. The van der Waals surface area contributed by atoms with Gasteiger partial charge in [0, 0.05) is 23.6 Å². The lowest BCUT2D eigenvalue weighted by Crippen LogP contribution is -2.15. The molecule has 2 aromatic carbocycles. The van der Waals surface area contributed by atoms with Gasteiger partial charge in [0.25, 0.3) is 5.91 Å². The molecule has 1 heterocycles. The molecule has 26 heavy (non-hydrogen) atoms. The molecule has 0 spiro atoms.